The summed E-state index contributed by atoms with van der Waals surface area (Å²) in [6.45, 7) is 10.0. The molecule has 35 heavy (non-hydrogen) atoms. The van der Waals surface area contributed by atoms with Crippen LogP contribution in [0.3, 0.4) is 0 Å². The smallest absolute Gasteiger partial charge is 0.266 e. The number of anilines is 1. The molecule has 1 heterocycles. The molecule has 0 atom stereocenters. The van der Waals surface area contributed by atoms with Gasteiger partial charge in [0.15, 0.2) is 23.3 Å². The second-order valence-corrected chi connectivity index (χ2v) is 10.2. The van der Waals surface area contributed by atoms with Gasteiger partial charge >= 0.3 is 0 Å². The number of amides is 2. The molecular weight excluding hydrogens is 530 g/mol. The van der Waals surface area contributed by atoms with Gasteiger partial charge in [-0.05, 0) is 82.3 Å². The topological polar surface area (TPSA) is 80.2 Å². The van der Waals surface area contributed by atoms with Gasteiger partial charge in [-0.25, -0.2) is 0 Å². The minimum absolute atomic E-state index is 0.00126. The number of aliphatic imine (C=N–C) groups is 1. The van der Waals surface area contributed by atoms with Gasteiger partial charge < -0.3 is 14.8 Å². The van der Waals surface area contributed by atoms with Crippen LogP contribution in [0.1, 0.15) is 40.2 Å². The fraction of sp³-hybridized carbons (Fsp3) is 0.346. The van der Waals surface area contributed by atoms with Gasteiger partial charge in [0, 0.05) is 22.2 Å². The van der Waals surface area contributed by atoms with Gasteiger partial charge in [-0.3, -0.25) is 19.5 Å². The van der Waals surface area contributed by atoms with Crippen molar-refractivity contribution in [3.8, 4) is 11.5 Å². The number of hydrogen-bond acceptors (Lipinski definition) is 6. The van der Waals surface area contributed by atoms with E-state index in [-0.39, 0.29) is 30.5 Å². The molecule has 1 aliphatic heterocycles. The first-order valence-electron chi connectivity index (χ1n) is 11.4. The van der Waals surface area contributed by atoms with Crippen molar-refractivity contribution in [2.75, 3.05) is 18.5 Å². The van der Waals surface area contributed by atoms with E-state index in [0.29, 0.717) is 38.3 Å². The normalized spacial score (nSPS) is 16.0. The highest BCUT2D eigenvalue weighted by atomic mass is 79.9. The minimum atomic E-state index is -0.278. The Labute approximate surface area is 219 Å². The van der Waals surface area contributed by atoms with E-state index in [1.165, 1.54) is 11.8 Å². The number of halogens is 1. The van der Waals surface area contributed by atoms with Crippen molar-refractivity contribution in [1.29, 1.82) is 0 Å². The Morgan fingerprint density at radius 1 is 1.14 bits per heavy atom. The molecular formula is C26H30BrN3O4S. The van der Waals surface area contributed by atoms with Crippen LogP contribution in [0, 0.1) is 0 Å². The molecule has 3 rings (SSSR count). The zero-order valence-corrected chi connectivity index (χ0v) is 22.9. The number of thioether (sulfide) groups is 1. The lowest BCUT2D eigenvalue weighted by Gasteiger charge is -2.20. The van der Waals surface area contributed by atoms with Crippen molar-refractivity contribution in [1.82, 2.24) is 4.90 Å². The molecule has 0 spiro atoms. The van der Waals surface area contributed by atoms with E-state index in [0.717, 1.165) is 5.56 Å². The predicted molar refractivity (Wildman–Crippen MR) is 146 cm³/mol. The third kappa shape index (κ3) is 7.11. The first-order chi connectivity index (χ1) is 16.7. The molecule has 0 saturated carbocycles. The number of amidine groups is 1. The number of nitrogens with zero attached hydrogens (tertiary/aromatic N) is 2. The summed E-state index contributed by atoms with van der Waals surface area (Å²) < 4.78 is 12.3. The number of rotatable bonds is 9. The molecule has 2 aromatic carbocycles. The van der Waals surface area contributed by atoms with E-state index in [4.69, 9.17) is 9.47 Å². The second kappa shape index (κ2) is 12.3. The largest absolute Gasteiger partial charge is 0.490 e. The zero-order valence-electron chi connectivity index (χ0n) is 20.5. The monoisotopic (exact) mass is 559 g/mol. The molecule has 0 bridgehead atoms. The molecule has 1 fully saturated rings. The number of ether oxygens (including phenoxy) is 2. The van der Waals surface area contributed by atoms with Gasteiger partial charge in [0.1, 0.15) is 0 Å². The summed E-state index contributed by atoms with van der Waals surface area (Å²) in [5.74, 6) is 0.564. The molecule has 186 valence electrons. The Balaban J connectivity index is 1.82. The highest BCUT2D eigenvalue weighted by Gasteiger charge is 2.35. The Morgan fingerprint density at radius 2 is 1.83 bits per heavy atom. The number of carbonyl (C=O) groups excluding carboxylic acids is 2. The third-order valence-corrected chi connectivity index (χ3v) is 6.47. The van der Waals surface area contributed by atoms with Crippen molar-refractivity contribution >= 4 is 56.4 Å². The summed E-state index contributed by atoms with van der Waals surface area (Å²) in [6, 6.07) is 12.8. The Bertz CT molecular complexity index is 1130. The standard InChI is InChI=1S/C26H30BrN3O4S/c1-6-33-21-12-18(13-23-25(32)30(17(4)5)26(35-23)28-16(2)3)20(27)14-22(21)34-15-24(31)29-19-10-8-7-9-11-19/h7-14,16-17H,6,15H2,1-5H3,(H,29,31)/b23-13+,28-26?. The molecule has 0 radical (unpaired) electrons. The van der Waals surface area contributed by atoms with E-state index in [9.17, 15) is 9.59 Å². The van der Waals surface area contributed by atoms with E-state index in [1.807, 2.05) is 71.0 Å². The van der Waals surface area contributed by atoms with Crippen LogP contribution in [0.15, 0.2) is 56.8 Å². The summed E-state index contributed by atoms with van der Waals surface area (Å²) in [5.41, 5.74) is 1.46. The second-order valence-electron chi connectivity index (χ2n) is 8.34. The molecule has 9 heteroatoms. The van der Waals surface area contributed by atoms with Gasteiger partial charge in [-0.2, -0.15) is 0 Å². The molecule has 1 N–H and O–H groups in total. The summed E-state index contributed by atoms with van der Waals surface area (Å²) in [4.78, 5) is 32.3. The fourth-order valence-electron chi connectivity index (χ4n) is 3.30. The number of carbonyl (C=O) groups is 2. The fourth-order valence-corrected chi connectivity index (χ4v) is 4.96. The molecule has 2 amide bonds. The first-order valence-corrected chi connectivity index (χ1v) is 13.1. The van der Waals surface area contributed by atoms with Gasteiger partial charge in [0.2, 0.25) is 0 Å². The molecule has 7 nitrogen and oxygen atoms in total. The maximum Gasteiger partial charge on any atom is 0.266 e. The van der Waals surface area contributed by atoms with Crippen molar-refractivity contribution in [3.63, 3.8) is 0 Å². The Hall–Kier alpha value is -2.78. The maximum atomic E-state index is 13.1. The number of benzene rings is 2. The van der Waals surface area contributed by atoms with Crippen LogP contribution in [0.2, 0.25) is 0 Å². The maximum absolute atomic E-state index is 13.1. The van der Waals surface area contributed by atoms with Gasteiger partial charge in [-0.15, -0.1) is 0 Å². The van der Waals surface area contributed by atoms with Crippen LogP contribution in [-0.4, -0.2) is 47.2 Å². The zero-order chi connectivity index (χ0) is 25.5. The van der Waals surface area contributed by atoms with E-state index in [1.54, 1.807) is 17.0 Å². The van der Waals surface area contributed by atoms with Gasteiger partial charge in [-0.1, -0.05) is 34.1 Å². The lowest BCUT2D eigenvalue weighted by Crippen LogP contribution is -2.35. The summed E-state index contributed by atoms with van der Waals surface area (Å²) >= 11 is 4.94. The average Bonchev–Trinajstić information content (AvgIpc) is 3.09. The first kappa shape index (κ1) is 26.8. The molecule has 0 aliphatic carbocycles. The third-order valence-electron chi connectivity index (χ3n) is 4.79. The predicted octanol–water partition coefficient (Wildman–Crippen LogP) is 5.95. The molecule has 1 aliphatic rings. The Morgan fingerprint density at radius 3 is 2.46 bits per heavy atom. The van der Waals surface area contributed by atoms with Crippen molar-refractivity contribution in [2.45, 2.75) is 46.7 Å². The van der Waals surface area contributed by atoms with Crippen molar-refractivity contribution in [2.24, 2.45) is 4.99 Å². The van der Waals surface area contributed by atoms with E-state index >= 15 is 0 Å². The Kier molecular flexibility index (Phi) is 9.40. The van der Waals surface area contributed by atoms with Crippen LogP contribution < -0.4 is 14.8 Å². The quantitative estimate of drug-likeness (QED) is 0.383. The summed E-state index contributed by atoms with van der Waals surface area (Å²) in [6.07, 6.45) is 1.82. The van der Waals surface area contributed by atoms with Gasteiger partial charge in [0.05, 0.1) is 11.5 Å². The summed E-state index contributed by atoms with van der Waals surface area (Å²) in [5, 5.41) is 3.50. The lowest BCUT2D eigenvalue weighted by atomic mass is 10.1. The van der Waals surface area contributed by atoms with E-state index < -0.39 is 0 Å². The average molecular weight is 561 g/mol. The molecule has 1 saturated heterocycles. The number of para-hydroxylation sites is 1. The lowest BCUT2D eigenvalue weighted by molar-refractivity contribution is -0.123. The van der Waals surface area contributed by atoms with E-state index in [2.05, 4.69) is 26.2 Å². The van der Waals surface area contributed by atoms with Crippen LogP contribution in [0.4, 0.5) is 5.69 Å². The highest BCUT2D eigenvalue weighted by Crippen LogP contribution is 2.39. The van der Waals surface area contributed by atoms with Crippen LogP contribution in [-0.2, 0) is 9.59 Å². The minimum Gasteiger partial charge on any atom is -0.490 e. The van der Waals surface area contributed by atoms with Gasteiger partial charge in [0.25, 0.3) is 11.8 Å². The van der Waals surface area contributed by atoms with Crippen molar-refractivity contribution in [3.05, 3.63) is 57.4 Å². The highest BCUT2D eigenvalue weighted by molar-refractivity contribution is 9.10. The molecule has 2 aromatic rings. The van der Waals surface area contributed by atoms with Crippen molar-refractivity contribution < 1.29 is 19.1 Å². The van der Waals surface area contributed by atoms with Crippen LogP contribution in [0.5, 0.6) is 11.5 Å². The number of nitrogens with one attached hydrogen (secondary N) is 1. The molecule has 0 unspecified atom stereocenters. The van der Waals surface area contributed by atoms with Crippen LogP contribution in [0.25, 0.3) is 6.08 Å². The van der Waals surface area contributed by atoms with Crippen LogP contribution >= 0.6 is 27.7 Å². The SMILES string of the molecule is CCOc1cc(/C=C2/SC(=NC(C)C)N(C(C)C)C2=O)c(Br)cc1OCC(=O)Nc1ccccc1. The summed E-state index contributed by atoms with van der Waals surface area (Å²) in [7, 11) is 0. The molecule has 0 aromatic heterocycles. The number of hydrogen-bond donors (Lipinski definition) is 1.